The molecule has 0 bridgehead atoms. The zero-order valence-electron chi connectivity index (χ0n) is 18.7. The van der Waals surface area contributed by atoms with Gasteiger partial charge in [-0.15, -0.1) is 11.3 Å². The van der Waals surface area contributed by atoms with Gasteiger partial charge in [-0.25, -0.2) is 4.79 Å². The van der Waals surface area contributed by atoms with Crippen molar-refractivity contribution in [1.82, 2.24) is 0 Å². The summed E-state index contributed by atoms with van der Waals surface area (Å²) in [5.41, 5.74) is 2.44. The maximum Gasteiger partial charge on any atom is 0.341 e. The normalized spacial score (nSPS) is 11.4. The molecule has 1 heterocycles. The smallest absolute Gasteiger partial charge is 0.341 e. The van der Waals surface area contributed by atoms with Gasteiger partial charge in [0.25, 0.3) is 0 Å². The molecule has 3 aromatic rings. The fourth-order valence-electron chi connectivity index (χ4n) is 3.28. The minimum Gasteiger partial charge on any atom is -0.494 e. The largest absolute Gasteiger partial charge is 0.494 e. The third-order valence-electron chi connectivity index (χ3n) is 4.89. The maximum atomic E-state index is 12.7. The standard InChI is InChI=1S/C25H29NO4S/c1-6-29-18-11-8-16(9-12-18)14-21(27)26-23-22(24(28)30-7-2)19-13-10-17(25(3,4)5)15-20(19)31-23/h8-13,15H,6-7,14H2,1-5H3,(H,26,27). The molecule has 0 aliphatic rings. The van der Waals surface area contributed by atoms with Crippen molar-refractivity contribution < 1.29 is 19.1 Å². The summed E-state index contributed by atoms with van der Waals surface area (Å²) in [6.45, 7) is 11.0. The number of thiophene rings is 1. The van der Waals surface area contributed by atoms with Crippen LogP contribution in [0.15, 0.2) is 42.5 Å². The van der Waals surface area contributed by atoms with E-state index in [2.05, 4.69) is 32.2 Å². The van der Waals surface area contributed by atoms with Crippen LogP contribution in [-0.4, -0.2) is 25.1 Å². The van der Waals surface area contributed by atoms with Crippen molar-refractivity contribution in [2.45, 2.75) is 46.5 Å². The Bertz CT molecular complexity index is 1080. The van der Waals surface area contributed by atoms with Gasteiger partial charge in [-0.2, -0.15) is 0 Å². The number of nitrogens with one attached hydrogen (secondary N) is 1. The van der Waals surface area contributed by atoms with E-state index in [9.17, 15) is 9.59 Å². The minimum absolute atomic E-state index is 0.0145. The number of anilines is 1. The molecule has 6 heteroatoms. The van der Waals surface area contributed by atoms with E-state index in [1.54, 1.807) is 6.92 Å². The van der Waals surface area contributed by atoms with E-state index in [0.717, 1.165) is 21.4 Å². The number of hydrogen-bond acceptors (Lipinski definition) is 5. The molecular weight excluding hydrogens is 410 g/mol. The van der Waals surface area contributed by atoms with Gasteiger partial charge in [-0.05, 0) is 48.6 Å². The van der Waals surface area contributed by atoms with Crippen LogP contribution in [0.2, 0.25) is 0 Å². The Morgan fingerprint density at radius 3 is 2.32 bits per heavy atom. The molecule has 3 rings (SSSR count). The Morgan fingerprint density at radius 1 is 1.00 bits per heavy atom. The molecule has 0 spiro atoms. The first-order valence-corrected chi connectivity index (χ1v) is 11.3. The van der Waals surface area contributed by atoms with Crippen LogP contribution in [0.3, 0.4) is 0 Å². The first-order chi connectivity index (χ1) is 14.7. The lowest BCUT2D eigenvalue weighted by Crippen LogP contribution is -2.16. The van der Waals surface area contributed by atoms with E-state index in [1.807, 2.05) is 43.3 Å². The van der Waals surface area contributed by atoms with Crippen LogP contribution in [-0.2, 0) is 21.4 Å². The van der Waals surface area contributed by atoms with Crippen LogP contribution < -0.4 is 10.1 Å². The van der Waals surface area contributed by atoms with Crippen molar-refractivity contribution in [1.29, 1.82) is 0 Å². The Kier molecular flexibility index (Phi) is 7.01. The molecule has 1 aromatic heterocycles. The maximum absolute atomic E-state index is 12.7. The van der Waals surface area contributed by atoms with E-state index in [1.165, 1.54) is 16.9 Å². The zero-order valence-corrected chi connectivity index (χ0v) is 19.5. The van der Waals surface area contributed by atoms with Crippen molar-refractivity contribution in [2.24, 2.45) is 0 Å². The van der Waals surface area contributed by atoms with Gasteiger partial charge < -0.3 is 14.8 Å². The molecule has 31 heavy (non-hydrogen) atoms. The lowest BCUT2D eigenvalue weighted by atomic mass is 9.87. The van der Waals surface area contributed by atoms with Gasteiger partial charge in [-0.3, -0.25) is 4.79 Å². The van der Waals surface area contributed by atoms with Crippen LogP contribution in [0.4, 0.5) is 5.00 Å². The third-order valence-corrected chi connectivity index (χ3v) is 5.96. The van der Waals surface area contributed by atoms with Crippen molar-refractivity contribution in [3.63, 3.8) is 0 Å². The monoisotopic (exact) mass is 439 g/mol. The second kappa shape index (κ2) is 9.52. The van der Waals surface area contributed by atoms with Crippen molar-refractivity contribution in [3.8, 4) is 5.75 Å². The lowest BCUT2D eigenvalue weighted by molar-refractivity contribution is -0.115. The average molecular weight is 440 g/mol. The number of esters is 1. The predicted octanol–water partition coefficient (Wildman–Crippen LogP) is 5.96. The summed E-state index contributed by atoms with van der Waals surface area (Å²) in [4.78, 5) is 25.4. The van der Waals surface area contributed by atoms with Crippen LogP contribution in [0.25, 0.3) is 10.1 Å². The van der Waals surface area contributed by atoms with Crippen molar-refractivity contribution in [3.05, 3.63) is 59.2 Å². The number of amides is 1. The second-order valence-corrected chi connectivity index (χ2v) is 9.34. The molecule has 1 N–H and O–H groups in total. The number of ether oxygens (including phenoxy) is 2. The van der Waals surface area contributed by atoms with Gasteiger partial charge in [0.2, 0.25) is 5.91 Å². The first kappa shape index (κ1) is 22.8. The summed E-state index contributed by atoms with van der Waals surface area (Å²) in [6, 6.07) is 13.5. The Balaban J connectivity index is 1.89. The fraction of sp³-hybridized carbons (Fsp3) is 0.360. The van der Waals surface area contributed by atoms with Crippen LogP contribution in [0.5, 0.6) is 5.75 Å². The van der Waals surface area contributed by atoms with Crippen LogP contribution in [0.1, 0.15) is 56.1 Å². The second-order valence-electron chi connectivity index (χ2n) is 8.29. The van der Waals surface area contributed by atoms with Crippen molar-refractivity contribution in [2.75, 3.05) is 18.5 Å². The lowest BCUT2D eigenvalue weighted by Gasteiger charge is -2.18. The van der Waals surface area contributed by atoms with Crippen LogP contribution >= 0.6 is 11.3 Å². The molecule has 164 valence electrons. The molecule has 0 fully saturated rings. The van der Waals surface area contributed by atoms with Gasteiger partial charge in [-0.1, -0.05) is 45.0 Å². The number of benzene rings is 2. The molecule has 0 saturated carbocycles. The molecule has 0 radical (unpaired) electrons. The first-order valence-electron chi connectivity index (χ1n) is 10.5. The number of rotatable bonds is 7. The SMILES string of the molecule is CCOC(=O)c1c(NC(=O)Cc2ccc(OCC)cc2)sc2cc(C(C)(C)C)ccc12. The molecule has 0 aliphatic carbocycles. The number of carbonyl (C=O) groups excluding carboxylic acids is 2. The summed E-state index contributed by atoms with van der Waals surface area (Å²) >= 11 is 1.40. The summed E-state index contributed by atoms with van der Waals surface area (Å²) < 4.78 is 11.7. The Morgan fingerprint density at radius 2 is 1.71 bits per heavy atom. The van der Waals surface area contributed by atoms with Gasteiger partial charge in [0, 0.05) is 10.1 Å². The summed E-state index contributed by atoms with van der Waals surface area (Å²) in [5, 5.41) is 4.26. The number of fused-ring (bicyclic) bond motifs is 1. The van der Waals surface area contributed by atoms with E-state index in [-0.39, 0.29) is 24.3 Å². The average Bonchev–Trinajstić information content (AvgIpc) is 3.06. The molecule has 0 unspecified atom stereocenters. The molecule has 0 saturated heterocycles. The zero-order chi connectivity index (χ0) is 22.6. The predicted molar refractivity (Wildman–Crippen MR) is 126 cm³/mol. The molecule has 5 nitrogen and oxygen atoms in total. The summed E-state index contributed by atoms with van der Waals surface area (Å²) in [7, 11) is 0. The van der Waals surface area contributed by atoms with Gasteiger partial charge in [0.1, 0.15) is 16.3 Å². The van der Waals surface area contributed by atoms with Crippen molar-refractivity contribution >= 4 is 38.3 Å². The molecule has 2 aromatic carbocycles. The van der Waals surface area contributed by atoms with Gasteiger partial charge in [0.15, 0.2) is 0 Å². The number of carbonyl (C=O) groups is 2. The van der Waals surface area contributed by atoms with E-state index >= 15 is 0 Å². The topological polar surface area (TPSA) is 64.6 Å². The molecule has 1 amide bonds. The highest BCUT2D eigenvalue weighted by Crippen LogP contribution is 2.38. The highest BCUT2D eigenvalue weighted by Gasteiger charge is 2.23. The Hall–Kier alpha value is -2.86. The quantitative estimate of drug-likeness (QED) is 0.462. The van der Waals surface area contributed by atoms with E-state index in [4.69, 9.17) is 9.47 Å². The van der Waals surface area contributed by atoms with Crippen LogP contribution in [0, 0.1) is 0 Å². The highest BCUT2D eigenvalue weighted by atomic mass is 32.1. The highest BCUT2D eigenvalue weighted by molar-refractivity contribution is 7.23. The minimum atomic E-state index is -0.423. The van der Waals surface area contributed by atoms with Gasteiger partial charge >= 0.3 is 5.97 Å². The molecular formula is C25H29NO4S. The number of hydrogen-bond donors (Lipinski definition) is 1. The molecule has 0 atom stereocenters. The molecule has 0 aliphatic heterocycles. The third kappa shape index (κ3) is 5.44. The summed E-state index contributed by atoms with van der Waals surface area (Å²) in [6.07, 6.45) is 0.205. The van der Waals surface area contributed by atoms with E-state index < -0.39 is 5.97 Å². The van der Waals surface area contributed by atoms with E-state index in [0.29, 0.717) is 17.2 Å². The van der Waals surface area contributed by atoms with Gasteiger partial charge in [0.05, 0.1) is 19.6 Å². The fourth-order valence-corrected chi connectivity index (χ4v) is 4.43. The Labute approximate surface area is 187 Å². The summed E-state index contributed by atoms with van der Waals surface area (Å²) in [5.74, 6) is 0.168.